The fourth-order valence-electron chi connectivity index (χ4n) is 3.44. The molecule has 8 nitrogen and oxygen atoms in total. The zero-order valence-electron chi connectivity index (χ0n) is 17.6. The number of benzene rings is 2. The first kappa shape index (κ1) is 22.6. The van der Waals surface area contributed by atoms with Crippen LogP contribution in [0.1, 0.15) is 31.7 Å². The van der Waals surface area contributed by atoms with Gasteiger partial charge in [-0.2, -0.15) is 9.57 Å². The van der Waals surface area contributed by atoms with E-state index < -0.39 is 16.1 Å². The lowest BCUT2D eigenvalue weighted by Crippen LogP contribution is -2.36. The molecule has 2 N–H and O–H groups in total. The summed E-state index contributed by atoms with van der Waals surface area (Å²) in [6.45, 7) is 2.65. The van der Waals surface area contributed by atoms with Crippen molar-refractivity contribution in [1.29, 1.82) is 5.26 Å². The summed E-state index contributed by atoms with van der Waals surface area (Å²) in [5, 5.41) is 14.8. The molecule has 2 aromatic carbocycles. The van der Waals surface area contributed by atoms with Crippen molar-refractivity contribution in [3.8, 4) is 11.8 Å². The molecule has 1 unspecified atom stereocenters. The minimum Gasteiger partial charge on any atom is -0.495 e. The van der Waals surface area contributed by atoms with E-state index in [0.717, 1.165) is 19.3 Å². The number of nitrogens with zero attached hydrogens (tertiary/aromatic N) is 2. The van der Waals surface area contributed by atoms with E-state index in [-0.39, 0.29) is 16.6 Å². The van der Waals surface area contributed by atoms with Crippen LogP contribution in [0.15, 0.2) is 47.4 Å². The largest absolute Gasteiger partial charge is 0.495 e. The van der Waals surface area contributed by atoms with E-state index >= 15 is 0 Å². The van der Waals surface area contributed by atoms with Gasteiger partial charge in [0.05, 0.1) is 18.7 Å². The second kappa shape index (κ2) is 9.81. The van der Waals surface area contributed by atoms with Gasteiger partial charge in [-0.05, 0) is 56.2 Å². The molecule has 9 heteroatoms. The van der Waals surface area contributed by atoms with Crippen molar-refractivity contribution in [2.75, 3.05) is 30.8 Å². The maximum atomic E-state index is 13.2. The first-order valence-corrected chi connectivity index (χ1v) is 11.5. The van der Waals surface area contributed by atoms with Crippen molar-refractivity contribution in [2.45, 2.75) is 37.1 Å². The van der Waals surface area contributed by atoms with Gasteiger partial charge >= 0.3 is 0 Å². The minimum absolute atomic E-state index is 0.0798. The van der Waals surface area contributed by atoms with Crippen molar-refractivity contribution >= 4 is 27.3 Å². The molecule has 164 valence electrons. The highest BCUT2D eigenvalue weighted by atomic mass is 32.2. The molecule has 0 aliphatic carbocycles. The van der Waals surface area contributed by atoms with Crippen LogP contribution in [0, 0.1) is 11.3 Å². The molecular weight excluding hydrogens is 416 g/mol. The Morgan fingerprint density at radius 1 is 1.13 bits per heavy atom. The maximum absolute atomic E-state index is 13.2. The Morgan fingerprint density at radius 2 is 1.87 bits per heavy atom. The number of carbonyl (C=O) groups is 1. The summed E-state index contributed by atoms with van der Waals surface area (Å²) in [6, 6.07) is 12.8. The van der Waals surface area contributed by atoms with Gasteiger partial charge in [0.2, 0.25) is 15.9 Å². The van der Waals surface area contributed by atoms with Crippen LogP contribution >= 0.6 is 0 Å². The second-order valence-corrected chi connectivity index (χ2v) is 9.28. The van der Waals surface area contributed by atoms with Crippen molar-refractivity contribution in [3.05, 3.63) is 48.0 Å². The fourth-order valence-corrected chi connectivity index (χ4v) is 5.14. The molecule has 1 fully saturated rings. The Labute approximate surface area is 182 Å². The monoisotopic (exact) mass is 442 g/mol. The van der Waals surface area contributed by atoms with Gasteiger partial charge in [-0.3, -0.25) is 4.79 Å². The summed E-state index contributed by atoms with van der Waals surface area (Å²) in [6.07, 6.45) is 2.70. The van der Waals surface area contributed by atoms with Crippen LogP contribution in [-0.2, 0) is 14.8 Å². The number of methoxy groups -OCH3 is 1. The van der Waals surface area contributed by atoms with E-state index in [1.807, 2.05) is 6.07 Å². The molecule has 1 aliphatic heterocycles. The fraction of sp³-hybridized carbons (Fsp3) is 0.364. The van der Waals surface area contributed by atoms with E-state index in [2.05, 4.69) is 10.6 Å². The highest BCUT2D eigenvalue weighted by Crippen LogP contribution is 2.31. The number of hydrogen-bond donors (Lipinski definition) is 2. The van der Waals surface area contributed by atoms with Crippen molar-refractivity contribution in [3.63, 3.8) is 0 Å². The third-order valence-electron chi connectivity index (χ3n) is 5.13. The molecule has 1 saturated heterocycles. The Morgan fingerprint density at radius 3 is 2.55 bits per heavy atom. The lowest BCUT2D eigenvalue weighted by Gasteiger charge is -2.27. The quantitative estimate of drug-likeness (QED) is 0.681. The smallest absolute Gasteiger partial charge is 0.246 e. The summed E-state index contributed by atoms with van der Waals surface area (Å²) in [5.74, 6) is -0.0482. The van der Waals surface area contributed by atoms with E-state index in [1.165, 1.54) is 17.5 Å². The van der Waals surface area contributed by atoms with Crippen LogP contribution in [0.3, 0.4) is 0 Å². The van der Waals surface area contributed by atoms with Gasteiger partial charge in [-0.15, -0.1) is 0 Å². The lowest BCUT2D eigenvalue weighted by atomic mass is 10.2. The van der Waals surface area contributed by atoms with E-state index in [4.69, 9.17) is 10.00 Å². The average molecular weight is 443 g/mol. The molecule has 0 bridgehead atoms. The predicted octanol–water partition coefficient (Wildman–Crippen LogP) is 3.18. The van der Waals surface area contributed by atoms with Gasteiger partial charge in [0.25, 0.3) is 0 Å². The lowest BCUT2D eigenvalue weighted by molar-refractivity contribution is -0.116. The first-order chi connectivity index (χ1) is 14.8. The molecule has 0 aromatic heterocycles. The SMILES string of the molecule is COc1ccc(NC(C)C(=O)Nc2cccc(C#N)c2)cc1S(=O)(=O)N1CCCCC1. The molecular formula is C22H26N4O4S. The van der Waals surface area contributed by atoms with Crippen molar-refractivity contribution < 1.29 is 17.9 Å². The number of nitrogens with one attached hydrogen (secondary N) is 2. The van der Waals surface area contributed by atoms with Crippen molar-refractivity contribution in [1.82, 2.24) is 4.31 Å². The molecule has 0 radical (unpaired) electrons. The topological polar surface area (TPSA) is 112 Å². The van der Waals surface area contributed by atoms with Gasteiger partial charge in [0, 0.05) is 24.5 Å². The molecule has 31 heavy (non-hydrogen) atoms. The van der Waals surface area contributed by atoms with Crippen LogP contribution in [0.2, 0.25) is 0 Å². The zero-order valence-corrected chi connectivity index (χ0v) is 18.4. The van der Waals surface area contributed by atoms with Crippen LogP contribution in [-0.4, -0.2) is 44.9 Å². The molecule has 0 saturated carbocycles. The second-order valence-electron chi connectivity index (χ2n) is 7.38. The number of ether oxygens (including phenoxy) is 1. The summed E-state index contributed by atoms with van der Waals surface area (Å²) in [7, 11) is -2.27. The van der Waals surface area contributed by atoms with Gasteiger partial charge in [0.1, 0.15) is 16.7 Å². The number of anilines is 2. The minimum atomic E-state index is -3.70. The Balaban J connectivity index is 1.77. The van der Waals surface area contributed by atoms with Crippen LogP contribution in [0.5, 0.6) is 5.75 Å². The van der Waals surface area contributed by atoms with Crippen LogP contribution < -0.4 is 15.4 Å². The number of piperidine rings is 1. The van der Waals surface area contributed by atoms with E-state index in [9.17, 15) is 13.2 Å². The molecule has 0 spiro atoms. The van der Waals surface area contributed by atoms with E-state index in [1.54, 1.807) is 43.3 Å². The Hall–Kier alpha value is -3.09. The summed E-state index contributed by atoms with van der Waals surface area (Å²) >= 11 is 0. The number of sulfonamides is 1. The highest BCUT2D eigenvalue weighted by molar-refractivity contribution is 7.89. The van der Waals surface area contributed by atoms with Gasteiger partial charge in [-0.25, -0.2) is 8.42 Å². The number of rotatable bonds is 7. The van der Waals surface area contributed by atoms with Gasteiger partial charge < -0.3 is 15.4 Å². The van der Waals surface area contributed by atoms with Crippen molar-refractivity contribution in [2.24, 2.45) is 0 Å². The molecule has 3 rings (SSSR count). The average Bonchev–Trinajstić information content (AvgIpc) is 2.79. The molecule has 1 amide bonds. The number of nitriles is 1. The maximum Gasteiger partial charge on any atom is 0.246 e. The van der Waals surface area contributed by atoms with Crippen LogP contribution in [0.4, 0.5) is 11.4 Å². The summed E-state index contributed by atoms with van der Waals surface area (Å²) < 4.78 is 33.1. The zero-order chi connectivity index (χ0) is 22.4. The molecule has 1 aliphatic rings. The van der Waals surface area contributed by atoms with Gasteiger partial charge in [-0.1, -0.05) is 12.5 Å². The number of carbonyl (C=O) groups excluding carboxylic acids is 1. The number of amides is 1. The standard InChI is InChI=1S/C22H26N4O4S/c1-16(22(27)25-18-8-6-7-17(13-18)15-23)24-19-9-10-20(30-2)21(14-19)31(28,29)26-11-4-3-5-12-26/h6-10,13-14,16,24H,3-5,11-12H2,1-2H3,(H,25,27). The Kier molecular flexibility index (Phi) is 7.15. The third-order valence-corrected chi connectivity index (χ3v) is 7.05. The number of hydrogen-bond acceptors (Lipinski definition) is 6. The molecule has 1 atom stereocenters. The summed E-state index contributed by atoms with van der Waals surface area (Å²) in [4.78, 5) is 12.6. The molecule has 2 aromatic rings. The Bertz CT molecular complexity index is 1090. The third kappa shape index (κ3) is 5.34. The highest BCUT2D eigenvalue weighted by Gasteiger charge is 2.29. The summed E-state index contributed by atoms with van der Waals surface area (Å²) in [5.41, 5.74) is 1.45. The normalized spacial score (nSPS) is 15.5. The first-order valence-electron chi connectivity index (χ1n) is 10.1. The van der Waals surface area contributed by atoms with E-state index in [0.29, 0.717) is 30.0 Å². The van der Waals surface area contributed by atoms with Gasteiger partial charge in [0.15, 0.2) is 0 Å². The predicted molar refractivity (Wildman–Crippen MR) is 118 cm³/mol. The molecule has 1 heterocycles. The van der Waals surface area contributed by atoms with Crippen LogP contribution in [0.25, 0.3) is 0 Å².